The summed E-state index contributed by atoms with van der Waals surface area (Å²) >= 11 is 2.27. The van der Waals surface area contributed by atoms with Gasteiger partial charge in [-0.2, -0.15) is 0 Å². The first-order valence-electron chi connectivity index (χ1n) is 6.73. The van der Waals surface area contributed by atoms with E-state index in [1.165, 1.54) is 10.8 Å². The molecule has 0 saturated carbocycles. The van der Waals surface area contributed by atoms with Crippen molar-refractivity contribution in [1.29, 1.82) is 0 Å². The summed E-state index contributed by atoms with van der Waals surface area (Å²) in [5, 5.41) is 19.3. The molecule has 0 radical (unpaired) electrons. The Kier molecular flexibility index (Phi) is 4.46. The van der Waals surface area contributed by atoms with Crippen LogP contribution < -0.4 is 11.2 Å². The van der Waals surface area contributed by atoms with E-state index in [2.05, 4.69) is 21.0 Å². The number of aliphatic hydroxyl groups excluding tert-OH is 2. The zero-order chi connectivity index (χ0) is 15.9. The van der Waals surface area contributed by atoms with Gasteiger partial charge in [-0.15, -0.1) is 0 Å². The minimum absolute atomic E-state index is 0.0611. The molecule has 1 aromatic heterocycles. The van der Waals surface area contributed by atoms with Gasteiger partial charge in [0.25, 0.3) is 0 Å². The SMILES string of the molecule is CC(C)c1cn([C@]2(C)O[C@H](CO)[C@@H](O)[C@H]2[SeH])c(=O)[nH]c1=O. The molecule has 21 heavy (non-hydrogen) atoms. The van der Waals surface area contributed by atoms with E-state index in [9.17, 15) is 19.8 Å². The molecule has 7 nitrogen and oxygen atoms in total. The fourth-order valence-electron chi connectivity index (χ4n) is 2.54. The van der Waals surface area contributed by atoms with Gasteiger partial charge < -0.3 is 0 Å². The molecule has 0 bridgehead atoms. The third-order valence-electron chi connectivity index (χ3n) is 3.89. The van der Waals surface area contributed by atoms with Gasteiger partial charge in [-0.1, -0.05) is 0 Å². The molecule has 0 amide bonds. The van der Waals surface area contributed by atoms with Crippen molar-refractivity contribution in [2.24, 2.45) is 0 Å². The summed E-state index contributed by atoms with van der Waals surface area (Å²) < 4.78 is 6.97. The van der Waals surface area contributed by atoms with Gasteiger partial charge in [0.1, 0.15) is 0 Å². The molecule has 2 heterocycles. The second-order valence-electron chi connectivity index (χ2n) is 5.70. The van der Waals surface area contributed by atoms with Crippen LogP contribution in [0.2, 0.25) is 4.82 Å². The van der Waals surface area contributed by atoms with Gasteiger partial charge in [-0.25, -0.2) is 0 Å². The van der Waals surface area contributed by atoms with Gasteiger partial charge >= 0.3 is 129 Å². The number of hydrogen-bond donors (Lipinski definition) is 3. The van der Waals surface area contributed by atoms with Crippen molar-refractivity contribution >= 4 is 16.0 Å². The third kappa shape index (κ3) is 2.62. The number of nitrogens with zero attached hydrogens (tertiary/aromatic N) is 1. The predicted molar refractivity (Wildman–Crippen MR) is 77.9 cm³/mol. The summed E-state index contributed by atoms with van der Waals surface area (Å²) in [6, 6.07) is 0. The normalized spacial score (nSPS) is 32.8. The van der Waals surface area contributed by atoms with E-state index in [1.54, 1.807) is 6.92 Å². The van der Waals surface area contributed by atoms with Crippen LogP contribution in [0.4, 0.5) is 0 Å². The number of aliphatic hydroxyl groups is 2. The molecule has 0 unspecified atom stereocenters. The predicted octanol–water partition coefficient (Wildman–Crippen LogP) is -1.23. The molecular formula is C13H20N2O5Se. The standard InChI is InChI=1S/C13H20N2O5Se/c1-6(2)7-4-15(12(19)14-11(7)18)13(3)10(21)9(17)8(5-16)20-13/h4,6,8-10,16-17,21H,5H2,1-3H3,(H,14,18,19)/t8-,9-,10-,13-/m1/s1. The van der Waals surface area contributed by atoms with E-state index in [4.69, 9.17) is 4.74 Å². The Hall–Kier alpha value is -0.921. The molecule has 0 aromatic carbocycles. The van der Waals surface area contributed by atoms with Crippen molar-refractivity contribution in [3.05, 3.63) is 32.6 Å². The molecule has 1 saturated heterocycles. The van der Waals surface area contributed by atoms with Crippen LogP contribution in [0, 0.1) is 0 Å². The summed E-state index contributed by atoms with van der Waals surface area (Å²) in [4.78, 5) is 25.7. The maximum absolute atomic E-state index is 12.1. The summed E-state index contributed by atoms with van der Waals surface area (Å²) in [5.74, 6) is -0.0611. The topological polar surface area (TPSA) is 105 Å². The van der Waals surface area contributed by atoms with Crippen molar-refractivity contribution in [3.8, 4) is 0 Å². The number of ether oxygens (including phenoxy) is 1. The molecule has 1 aromatic rings. The average Bonchev–Trinajstić information content (AvgIpc) is 2.63. The summed E-state index contributed by atoms with van der Waals surface area (Å²) in [6.45, 7) is 5.00. The molecule has 1 fully saturated rings. The van der Waals surface area contributed by atoms with Crippen molar-refractivity contribution in [2.45, 2.75) is 49.4 Å². The van der Waals surface area contributed by atoms with Crippen molar-refractivity contribution in [1.82, 2.24) is 9.55 Å². The van der Waals surface area contributed by atoms with Gasteiger partial charge in [0, 0.05) is 0 Å². The number of aromatic amines is 1. The van der Waals surface area contributed by atoms with E-state index in [0.29, 0.717) is 5.56 Å². The van der Waals surface area contributed by atoms with Crippen LogP contribution in [0.5, 0.6) is 0 Å². The Morgan fingerprint density at radius 1 is 1.52 bits per heavy atom. The fraction of sp³-hybridized carbons (Fsp3) is 0.692. The van der Waals surface area contributed by atoms with E-state index in [-0.39, 0.29) is 12.5 Å². The molecule has 2 rings (SSSR count). The van der Waals surface area contributed by atoms with Crippen LogP contribution in [0.1, 0.15) is 32.3 Å². The Morgan fingerprint density at radius 2 is 2.14 bits per heavy atom. The van der Waals surface area contributed by atoms with Gasteiger partial charge in [-0.3, -0.25) is 0 Å². The van der Waals surface area contributed by atoms with Crippen LogP contribution in [0.3, 0.4) is 0 Å². The molecular weight excluding hydrogens is 343 g/mol. The molecule has 4 atom stereocenters. The van der Waals surface area contributed by atoms with E-state index >= 15 is 0 Å². The molecule has 8 heteroatoms. The van der Waals surface area contributed by atoms with Gasteiger partial charge in [-0.05, 0) is 0 Å². The van der Waals surface area contributed by atoms with Gasteiger partial charge in [0.15, 0.2) is 0 Å². The Balaban J connectivity index is 2.58. The molecule has 1 aliphatic rings. The number of aromatic nitrogens is 2. The Labute approximate surface area is 129 Å². The first kappa shape index (κ1) is 16.4. The Bertz CT molecular complexity index is 640. The number of H-pyrrole nitrogens is 1. The van der Waals surface area contributed by atoms with Crippen LogP contribution in [0.15, 0.2) is 15.8 Å². The number of nitrogens with one attached hydrogen (secondary N) is 1. The van der Waals surface area contributed by atoms with Gasteiger partial charge in [0.2, 0.25) is 0 Å². The fourth-order valence-corrected chi connectivity index (χ4v) is 3.33. The molecule has 3 N–H and O–H groups in total. The monoisotopic (exact) mass is 364 g/mol. The molecule has 0 aliphatic carbocycles. The van der Waals surface area contributed by atoms with E-state index in [0.717, 1.165) is 0 Å². The number of rotatable bonds is 3. The van der Waals surface area contributed by atoms with Gasteiger partial charge in [0.05, 0.1) is 0 Å². The molecule has 118 valence electrons. The van der Waals surface area contributed by atoms with Crippen molar-refractivity contribution < 1.29 is 14.9 Å². The first-order chi connectivity index (χ1) is 9.72. The second-order valence-corrected chi connectivity index (χ2v) is 6.86. The second kappa shape index (κ2) is 5.70. The van der Waals surface area contributed by atoms with Crippen molar-refractivity contribution in [3.63, 3.8) is 0 Å². The molecule has 1 aliphatic heterocycles. The summed E-state index contributed by atoms with van der Waals surface area (Å²) in [5.41, 5.74) is -1.72. The average molecular weight is 363 g/mol. The van der Waals surface area contributed by atoms with Crippen molar-refractivity contribution in [2.75, 3.05) is 6.61 Å². The van der Waals surface area contributed by atoms with E-state index < -0.39 is 34.0 Å². The van der Waals surface area contributed by atoms with Crippen LogP contribution >= 0.6 is 0 Å². The third-order valence-corrected chi connectivity index (χ3v) is 5.54. The minimum atomic E-state index is -1.16. The summed E-state index contributed by atoms with van der Waals surface area (Å²) in [6.07, 6.45) is -0.218. The van der Waals surface area contributed by atoms with E-state index in [1.807, 2.05) is 13.8 Å². The van der Waals surface area contributed by atoms with Crippen LogP contribution in [-0.2, 0) is 10.5 Å². The molecule has 0 spiro atoms. The quantitative estimate of drug-likeness (QED) is 0.584. The maximum atomic E-state index is 12.1. The zero-order valence-corrected chi connectivity index (χ0v) is 14.0. The van der Waals surface area contributed by atoms with Crippen LogP contribution in [-0.4, -0.2) is 54.6 Å². The zero-order valence-electron chi connectivity index (χ0n) is 12.1. The Morgan fingerprint density at radius 3 is 2.62 bits per heavy atom. The number of hydrogen-bond acceptors (Lipinski definition) is 5. The summed E-state index contributed by atoms with van der Waals surface area (Å²) in [7, 11) is 0. The first-order valence-corrected chi connectivity index (χ1v) is 7.82. The van der Waals surface area contributed by atoms with Crippen LogP contribution in [0.25, 0.3) is 0 Å².